The highest BCUT2D eigenvalue weighted by Gasteiger charge is 2.18. The Morgan fingerprint density at radius 3 is 2.47 bits per heavy atom. The van der Waals surface area contributed by atoms with Crippen LogP contribution in [0.4, 0.5) is 15.8 Å². The molecule has 7 nitrogen and oxygen atoms in total. The van der Waals surface area contributed by atoms with E-state index in [1.54, 1.807) is 43.3 Å². The molecule has 32 heavy (non-hydrogen) atoms. The zero-order valence-corrected chi connectivity index (χ0v) is 17.1. The number of nitrogens with one attached hydrogen (secondary N) is 2. The number of carbonyl (C=O) groups excluding carboxylic acids is 2. The van der Waals surface area contributed by atoms with Crippen molar-refractivity contribution < 1.29 is 14.0 Å². The van der Waals surface area contributed by atoms with E-state index in [1.165, 1.54) is 29.0 Å². The monoisotopic (exact) mass is 430 g/mol. The van der Waals surface area contributed by atoms with Crippen molar-refractivity contribution in [1.29, 1.82) is 0 Å². The molecule has 0 fully saturated rings. The Balaban J connectivity index is 1.71. The Morgan fingerprint density at radius 2 is 1.72 bits per heavy atom. The highest BCUT2D eigenvalue weighted by Crippen LogP contribution is 2.15. The van der Waals surface area contributed by atoms with Gasteiger partial charge in [-0.25, -0.2) is 9.37 Å². The van der Waals surface area contributed by atoms with Crippen molar-refractivity contribution >= 4 is 34.2 Å². The van der Waals surface area contributed by atoms with Gasteiger partial charge in [-0.2, -0.15) is 0 Å². The van der Waals surface area contributed by atoms with Crippen LogP contribution < -0.4 is 16.1 Å². The molecule has 0 bridgehead atoms. The van der Waals surface area contributed by atoms with Crippen LogP contribution in [0, 0.1) is 12.7 Å². The topological polar surface area (TPSA) is 93.1 Å². The molecule has 8 heteroatoms. The molecule has 4 rings (SSSR count). The van der Waals surface area contributed by atoms with Crippen molar-refractivity contribution in [1.82, 2.24) is 9.55 Å². The SMILES string of the molecule is Cc1ccc2c(=O)c(C(=O)Nc3cccc(F)c3)cn(CC(=O)Nc3ccccc3)c2n1. The molecule has 160 valence electrons. The van der Waals surface area contributed by atoms with Crippen LogP contribution in [0.5, 0.6) is 0 Å². The van der Waals surface area contributed by atoms with Crippen molar-refractivity contribution in [3.63, 3.8) is 0 Å². The number of fused-ring (bicyclic) bond motifs is 1. The first-order valence-electron chi connectivity index (χ1n) is 9.83. The second-order valence-electron chi connectivity index (χ2n) is 7.20. The fourth-order valence-electron chi connectivity index (χ4n) is 3.28. The average Bonchev–Trinajstić information content (AvgIpc) is 2.76. The molecule has 0 spiro atoms. The summed E-state index contributed by atoms with van der Waals surface area (Å²) in [5.74, 6) is -1.57. The minimum absolute atomic E-state index is 0.164. The van der Waals surface area contributed by atoms with Gasteiger partial charge in [0.2, 0.25) is 11.3 Å². The fourth-order valence-corrected chi connectivity index (χ4v) is 3.28. The van der Waals surface area contributed by atoms with E-state index in [0.717, 1.165) is 6.07 Å². The molecule has 4 aromatic rings. The summed E-state index contributed by atoms with van der Waals surface area (Å²) in [6.07, 6.45) is 1.30. The molecule has 0 radical (unpaired) electrons. The maximum Gasteiger partial charge on any atom is 0.261 e. The van der Waals surface area contributed by atoms with E-state index in [-0.39, 0.29) is 29.1 Å². The number of carbonyl (C=O) groups is 2. The summed E-state index contributed by atoms with van der Waals surface area (Å²) in [4.78, 5) is 42.8. The third-order valence-electron chi connectivity index (χ3n) is 4.76. The summed E-state index contributed by atoms with van der Waals surface area (Å²) in [6, 6.07) is 17.5. The number of nitrogens with zero attached hydrogens (tertiary/aromatic N) is 2. The van der Waals surface area contributed by atoms with Gasteiger partial charge in [0.25, 0.3) is 5.91 Å². The Labute approximate surface area is 182 Å². The van der Waals surface area contributed by atoms with Crippen LogP contribution in [0.15, 0.2) is 77.7 Å². The van der Waals surface area contributed by atoms with E-state index < -0.39 is 17.2 Å². The van der Waals surface area contributed by atoms with Gasteiger partial charge in [0.15, 0.2) is 0 Å². The molecule has 0 aliphatic heterocycles. The lowest BCUT2D eigenvalue weighted by atomic mass is 10.1. The van der Waals surface area contributed by atoms with E-state index in [9.17, 15) is 18.8 Å². The molecule has 2 amide bonds. The van der Waals surface area contributed by atoms with Gasteiger partial charge in [-0.05, 0) is 49.4 Å². The van der Waals surface area contributed by atoms with Gasteiger partial charge in [0.1, 0.15) is 23.6 Å². The van der Waals surface area contributed by atoms with Crippen LogP contribution in [0.25, 0.3) is 11.0 Å². The summed E-state index contributed by atoms with van der Waals surface area (Å²) in [7, 11) is 0. The van der Waals surface area contributed by atoms with E-state index >= 15 is 0 Å². The lowest BCUT2D eigenvalue weighted by Gasteiger charge is -2.13. The number of benzene rings is 2. The quantitative estimate of drug-likeness (QED) is 0.505. The molecular weight excluding hydrogens is 411 g/mol. The van der Waals surface area contributed by atoms with Gasteiger partial charge in [0, 0.05) is 23.3 Å². The van der Waals surface area contributed by atoms with Crippen molar-refractivity contribution in [2.75, 3.05) is 10.6 Å². The second-order valence-corrected chi connectivity index (χ2v) is 7.20. The molecule has 2 heterocycles. The molecule has 2 N–H and O–H groups in total. The maximum absolute atomic E-state index is 13.5. The van der Waals surface area contributed by atoms with Crippen molar-refractivity contribution in [2.45, 2.75) is 13.5 Å². The standard InChI is InChI=1S/C24H19FN4O3/c1-15-10-11-19-22(31)20(24(32)28-18-9-5-6-16(25)12-18)13-29(23(19)26-15)14-21(30)27-17-7-3-2-4-8-17/h2-13H,14H2,1H3,(H,27,30)(H,28,32). The third-order valence-corrected chi connectivity index (χ3v) is 4.76. The van der Waals surface area contributed by atoms with E-state index in [4.69, 9.17) is 0 Å². The first-order chi connectivity index (χ1) is 15.4. The summed E-state index contributed by atoms with van der Waals surface area (Å²) in [5.41, 5.74) is 1.08. The number of hydrogen-bond acceptors (Lipinski definition) is 4. The van der Waals surface area contributed by atoms with Crippen LogP contribution in [0.1, 0.15) is 16.1 Å². The second kappa shape index (κ2) is 8.81. The van der Waals surface area contributed by atoms with E-state index in [0.29, 0.717) is 17.0 Å². The molecule has 0 aliphatic rings. The Morgan fingerprint density at radius 1 is 0.969 bits per heavy atom. The van der Waals surface area contributed by atoms with Crippen LogP contribution in [0.3, 0.4) is 0 Å². The number of aryl methyl sites for hydroxylation is 1. The Kier molecular flexibility index (Phi) is 5.76. The maximum atomic E-state index is 13.5. The van der Waals surface area contributed by atoms with Crippen LogP contribution >= 0.6 is 0 Å². The molecule has 0 saturated heterocycles. The summed E-state index contributed by atoms with van der Waals surface area (Å²) >= 11 is 0. The normalized spacial score (nSPS) is 10.7. The van der Waals surface area contributed by atoms with Crippen LogP contribution in [-0.4, -0.2) is 21.4 Å². The molecule has 0 atom stereocenters. The fraction of sp³-hybridized carbons (Fsp3) is 0.0833. The van der Waals surface area contributed by atoms with Gasteiger partial charge in [-0.15, -0.1) is 0 Å². The van der Waals surface area contributed by atoms with Gasteiger partial charge >= 0.3 is 0 Å². The summed E-state index contributed by atoms with van der Waals surface area (Å²) in [6.45, 7) is 1.60. The zero-order chi connectivity index (χ0) is 22.7. The van der Waals surface area contributed by atoms with Crippen molar-refractivity contribution in [3.05, 3.63) is 100 Å². The van der Waals surface area contributed by atoms with Crippen LogP contribution in [0.2, 0.25) is 0 Å². The molecule has 2 aromatic carbocycles. The number of hydrogen-bond donors (Lipinski definition) is 2. The van der Waals surface area contributed by atoms with Crippen molar-refractivity contribution in [3.8, 4) is 0 Å². The van der Waals surface area contributed by atoms with Gasteiger partial charge in [-0.1, -0.05) is 24.3 Å². The third kappa shape index (κ3) is 4.54. The Hall–Kier alpha value is -4.33. The predicted octanol–water partition coefficient (Wildman–Crippen LogP) is 3.74. The lowest BCUT2D eigenvalue weighted by Crippen LogP contribution is -2.27. The number of aromatic nitrogens is 2. The number of amides is 2. The highest BCUT2D eigenvalue weighted by atomic mass is 19.1. The number of pyridine rings is 2. The number of rotatable bonds is 5. The first kappa shape index (κ1) is 20.9. The lowest BCUT2D eigenvalue weighted by molar-refractivity contribution is -0.116. The van der Waals surface area contributed by atoms with Crippen LogP contribution in [-0.2, 0) is 11.3 Å². The molecular formula is C24H19FN4O3. The molecule has 0 saturated carbocycles. The zero-order valence-electron chi connectivity index (χ0n) is 17.1. The largest absolute Gasteiger partial charge is 0.325 e. The molecule has 0 unspecified atom stereocenters. The minimum Gasteiger partial charge on any atom is -0.325 e. The number of anilines is 2. The average molecular weight is 430 g/mol. The summed E-state index contributed by atoms with van der Waals surface area (Å²) < 4.78 is 14.9. The molecule has 2 aromatic heterocycles. The summed E-state index contributed by atoms with van der Waals surface area (Å²) in [5, 5.41) is 5.50. The number of para-hydroxylation sites is 1. The minimum atomic E-state index is -0.708. The van der Waals surface area contributed by atoms with Gasteiger partial charge in [-0.3, -0.25) is 14.4 Å². The predicted molar refractivity (Wildman–Crippen MR) is 120 cm³/mol. The highest BCUT2D eigenvalue weighted by molar-refractivity contribution is 6.05. The van der Waals surface area contributed by atoms with E-state index in [1.807, 2.05) is 6.07 Å². The number of halogens is 1. The van der Waals surface area contributed by atoms with Crippen molar-refractivity contribution in [2.24, 2.45) is 0 Å². The van der Waals surface area contributed by atoms with E-state index in [2.05, 4.69) is 15.6 Å². The van der Waals surface area contributed by atoms with Gasteiger partial charge < -0.3 is 15.2 Å². The first-order valence-corrected chi connectivity index (χ1v) is 9.83. The molecule has 0 aliphatic carbocycles. The Bertz CT molecular complexity index is 1380. The smallest absolute Gasteiger partial charge is 0.261 e. The van der Waals surface area contributed by atoms with Gasteiger partial charge in [0.05, 0.1) is 5.39 Å².